The van der Waals surface area contributed by atoms with Crippen molar-refractivity contribution in [3.63, 3.8) is 0 Å². The van der Waals surface area contributed by atoms with Gasteiger partial charge >= 0.3 is 0 Å². The number of aromatic amines is 2. The molecule has 38 heavy (non-hydrogen) atoms. The zero-order valence-electron chi connectivity index (χ0n) is 20.4. The smallest absolute Gasteiger partial charge is 0.244 e. The van der Waals surface area contributed by atoms with E-state index in [9.17, 15) is 4.79 Å². The third-order valence-corrected chi connectivity index (χ3v) is 6.83. The molecule has 2 aromatic carbocycles. The average molecular weight is 529 g/mol. The quantitative estimate of drug-likeness (QED) is 0.252. The number of nitrogens with one attached hydrogen (secondary N) is 4. The van der Waals surface area contributed by atoms with Crippen LogP contribution in [0.25, 0.3) is 33.9 Å². The van der Waals surface area contributed by atoms with Crippen LogP contribution in [0.15, 0.2) is 55.1 Å². The molecule has 12 heteroatoms. The van der Waals surface area contributed by atoms with Crippen LogP contribution < -0.4 is 10.6 Å². The maximum absolute atomic E-state index is 13.0. The molecule has 0 saturated carbocycles. The summed E-state index contributed by atoms with van der Waals surface area (Å²) in [5.74, 6) is 0.485. The van der Waals surface area contributed by atoms with Gasteiger partial charge in [-0.05, 0) is 59.7 Å². The number of aromatic nitrogens is 8. The molecule has 0 aliphatic carbocycles. The third kappa shape index (κ3) is 5.00. The van der Waals surface area contributed by atoms with E-state index in [4.69, 9.17) is 11.6 Å². The van der Waals surface area contributed by atoms with Crippen LogP contribution in [0, 0.1) is 0 Å². The molecule has 11 nitrogen and oxygen atoms in total. The number of halogens is 1. The van der Waals surface area contributed by atoms with Gasteiger partial charge in [0.25, 0.3) is 0 Å². The number of hydrogen-bond donors (Lipinski definition) is 4. The second-order valence-corrected chi connectivity index (χ2v) is 9.60. The molecule has 3 aromatic heterocycles. The molecule has 5 aromatic rings. The van der Waals surface area contributed by atoms with Crippen LogP contribution in [0.3, 0.4) is 0 Å². The molecule has 0 radical (unpaired) electrons. The summed E-state index contributed by atoms with van der Waals surface area (Å²) in [5.41, 5.74) is 5.28. The number of hydrogen-bond acceptors (Lipinski definition) is 7. The van der Waals surface area contributed by atoms with Gasteiger partial charge in [0.05, 0.1) is 35.3 Å². The van der Waals surface area contributed by atoms with Gasteiger partial charge in [-0.3, -0.25) is 9.89 Å². The number of carbonyl (C=O) groups excluding carboxylic acids is 1. The highest BCUT2D eigenvalue weighted by Gasteiger charge is 2.19. The SMILES string of the molecule is O=C(/C=C/c1cc(Cl)ccc1-n1cnnn1)NC1CCCCCNc2cc3cn[nH]c3cc2-c2cnc1[nH]2. The highest BCUT2D eigenvalue weighted by Crippen LogP contribution is 2.32. The van der Waals surface area contributed by atoms with Gasteiger partial charge in [0, 0.05) is 39.8 Å². The normalized spacial score (nSPS) is 16.0. The maximum atomic E-state index is 13.0. The maximum Gasteiger partial charge on any atom is 0.244 e. The Bertz CT molecular complexity index is 1600. The van der Waals surface area contributed by atoms with Crippen molar-refractivity contribution in [1.82, 2.24) is 45.7 Å². The van der Waals surface area contributed by atoms with E-state index in [0.717, 1.165) is 65.9 Å². The van der Waals surface area contributed by atoms with Gasteiger partial charge in [0.1, 0.15) is 12.2 Å². The lowest BCUT2D eigenvalue weighted by atomic mass is 10.1. The van der Waals surface area contributed by atoms with Gasteiger partial charge in [-0.1, -0.05) is 24.4 Å². The molecule has 0 fully saturated rings. The first-order chi connectivity index (χ1) is 18.6. The minimum atomic E-state index is -0.258. The lowest BCUT2D eigenvalue weighted by molar-refractivity contribution is -0.117. The van der Waals surface area contributed by atoms with E-state index in [1.54, 1.807) is 24.3 Å². The predicted octanol–water partition coefficient (Wildman–Crippen LogP) is 4.44. The summed E-state index contributed by atoms with van der Waals surface area (Å²) in [6.45, 7) is 0.861. The summed E-state index contributed by atoms with van der Waals surface area (Å²) in [4.78, 5) is 21.1. The lowest BCUT2D eigenvalue weighted by Crippen LogP contribution is -2.27. The third-order valence-electron chi connectivity index (χ3n) is 6.60. The van der Waals surface area contributed by atoms with Gasteiger partial charge in [0.2, 0.25) is 5.91 Å². The first-order valence-corrected chi connectivity index (χ1v) is 12.8. The standard InChI is InChI=1S/C26H25ClN10O/c27-18-6-7-24(37-15-31-35-36-37)16(10-18)5-8-25(38)32-20-4-2-1-3-9-28-22-11-17-13-30-34-21(17)12-19(22)23-14-29-26(20)33-23/h5-8,10-15,20,28H,1-4,9H2,(H,29,33)(H,30,34)(H,32,38)/b8-5+. The number of imidazole rings is 1. The molecule has 1 amide bonds. The molecule has 0 saturated heterocycles. The van der Waals surface area contributed by atoms with E-state index in [1.807, 2.05) is 12.4 Å². The lowest BCUT2D eigenvalue weighted by Gasteiger charge is -2.17. The number of H-pyrrole nitrogens is 2. The Balaban J connectivity index is 1.26. The van der Waals surface area contributed by atoms with E-state index in [2.05, 4.69) is 58.5 Å². The Morgan fingerprint density at radius 1 is 1.16 bits per heavy atom. The van der Waals surface area contributed by atoms with Crippen molar-refractivity contribution >= 4 is 40.2 Å². The fourth-order valence-corrected chi connectivity index (χ4v) is 4.87. The predicted molar refractivity (Wildman–Crippen MR) is 145 cm³/mol. The van der Waals surface area contributed by atoms with Crippen molar-refractivity contribution in [1.29, 1.82) is 0 Å². The zero-order chi connectivity index (χ0) is 25.9. The van der Waals surface area contributed by atoms with Crippen molar-refractivity contribution in [2.24, 2.45) is 0 Å². The van der Waals surface area contributed by atoms with Crippen LogP contribution in [-0.2, 0) is 4.79 Å². The fraction of sp³-hybridized carbons (Fsp3) is 0.231. The molecule has 192 valence electrons. The first kappa shape index (κ1) is 23.9. The van der Waals surface area contributed by atoms with E-state index < -0.39 is 0 Å². The summed E-state index contributed by atoms with van der Waals surface area (Å²) in [5, 5.41) is 26.8. The van der Waals surface area contributed by atoms with Crippen LogP contribution in [0.4, 0.5) is 5.69 Å². The Morgan fingerprint density at radius 3 is 3.00 bits per heavy atom. The average Bonchev–Trinajstić information content (AvgIpc) is 3.69. The number of tetrazole rings is 1. The minimum Gasteiger partial charge on any atom is -0.384 e. The van der Waals surface area contributed by atoms with Gasteiger partial charge in [-0.15, -0.1) is 5.10 Å². The van der Waals surface area contributed by atoms with Gasteiger partial charge in [-0.25, -0.2) is 4.98 Å². The molecular formula is C26H25ClN10O. The van der Waals surface area contributed by atoms with Crippen molar-refractivity contribution in [2.45, 2.75) is 31.7 Å². The van der Waals surface area contributed by atoms with Crippen LogP contribution in [0.1, 0.15) is 43.1 Å². The number of amides is 1. The number of carbonyl (C=O) groups is 1. The number of nitrogens with zero attached hydrogens (tertiary/aromatic N) is 6. The van der Waals surface area contributed by atoms with E-state index in [0.29, 0.717) is 16.3 Å². The minimum absolute atomic E-state index is 0.232. The fourth-order valence-electron chi connectivity index (χ4n) is 4.69. The Kier molecular flexibility index (Phi) is 6.57. The monoisotopic (exact) mass is 528 g/mol. The van der Waals surface area contributed by atoms with Gasteiger partial charge in [-0.2, -0.15) is 9.78 Å². The number of rotatable bonds is 4. The van der Waals surface area contributed by atoms with Crippen molar-refractivity contribution in [3.05, 3.63) is 71.5 Å². The molecule has 0 spiro atoms. The molecule has 4 heterocycles. The molecule has 2 bridgehead atoms. The van der Waals surface area contributed by atoms with Crippen LogP contribution in [0.2, 0.25) is 5.02 Å². The van der Waals surface area contributed by atoms with E-state index in [1.165, 1.54) is 17.1 Å². The largest absolute Gasteiger partial charge is 0.384 e. The van der Waals surface area contributed by atoms with E-state index in [-0.39, 0.29) is 11.9 Å². The second-order valence-electron chi connectivity index (χ2n) is 9.17. The first-order valence-electron chi connectivity index (χ1n) is 12.4. The molecule has 6 rings (SSSR count). The van der Waals surface area contributed by atoms with Crippen molar-refractivity contribution in [3.8, 4) is 16.9 Å². The summed E-state index contributed by atoms with van der Waals surface area (Å²) in [6, 6.07) is 9.23. The Hall–Kier alpha value is -4.51. The number of benzene rings is 2. The van der Waals surface area contributed by atoms with Crippen molar-refractivity contribution in [2.75, 3.05) is 11.9 Å². The van der Waals surface area contributed by atoms with Crippen molar-refractivity contribution < 1.29 is 4.79 Å². The summed E-state index contributed by atoms with van der Waals surface area (Å²) in [7, 11) is 0. The molecule has 4 N–H and O–H groups in total. The van der Waals surface area contributed by atoms with Crippen LogP contribution in [0.5, 0.6) is 0 Å². The van der Waals surface area contributed by atoms with Crippen LogP contribution >= 0.6 is 11.6 Å². The van der Waals surface area contributed by atoms with Gasteiger partial charge < -0.3 is 15.6 Å². The summed E-state index contributed by atoms with van der Waals surface area (Å²) in [6.07, 6.45) is 12.1. The second kappa shape index (κ2) is 10.5. The van der Waals surface area contributed by atoms with E-state index >= 15 is 0 Å². The molecule has 1 unspecified atom stereocenters. The Morgan fingerprint density at radius 2 is 2.11 bits per heavy atom. The topological polar surface area (TPSA) is 142 Å². The zero-order valence-corrected chi connectivity index (χ0v) is 21.1. The molecule has 1 atom stereocenters. The Labute approximate surface area is 222 Å². The summed E-state index contributed by atoms with van der Waals surface area (Å²) < 4.78 is 1.52. The number of anilines is 1. The highest BCUT2D eigenvalue weighted by atomic mass is 35.5. The highest BCUT2D eigenvalue weighted by molar-refractivity contribution is 6.30. The van der Waals surface area contributed by atoms with Gasteiger partial charge in [0.15, 0.2) is 0 Å². The molecular weight excluding hydrogens is 504 g/mol. The molecule has 1 aliphatic rings. The summed E-state index contributed by atoms with van der Waals surface area (Å²) >= 11 is 6.21. The molecule has 1 aliphatic heterocycles. The number of fused-ring (bicyclic) bond motifs is 5. The van der Waals surface area contributed by atoms with Crippen LogP contribution in [-0.4, -0.2) is 52.8 Å².